The number of benzene rings is 2. The Morgan fingerprint density at radius 3 is 2.57 bits per heavy atom. The number of nitro benzene ring substituents is 1. The van der Waals surface area contributed by atoms with Crippen molar-refractivity contribution in [3.63, 3.8) is 0 Å². The zero-order valence-corrected chi connectivity index (χ0v) is 12.3. The van der Waals surface area contributed by atoms with Gasteiger partial charge in [-0.25, -0.2) is 0 Å². The quantitative estimate of drug-likeness (QED) is 0.510. The maximum absolute atomic E-state index is 10.6. The number of pyridine rings is 1. The smallest absolute Gasteiger partial charge is 0.269 e. The lowest BCUT2D eigenvalue weighted by atomic mass is 10.2. The first-order valence-corrected chi connectivity index (χ1v) is 6.90. The summed E-state index contributed by atoms with van der Waals surface area (Å²) < 4.78 is 6.71. The third kappa shape index (κ3) is 2.71. The molecule has 0 amide bonds. The Labute approximate surface area is 128 Å². The molecule has 0 aliphatic heterocycles. The lowest BCUT2D eigenvalue weighted by Gasteiger charge is -2.09. The van der Waals surface area contributed by atoms with E-state index in [0.29, 0.717) is 11.5 Å². The van der Waals surface area contributed by atoms with E-state index in [4.69, 9.17) is 4.74 Å². The summed E-state index contributed by atoms with van der Waals surface area (Å²) >= 11 is 3.47. The molecule has 0 N–H and O–H groups in total. The van der Waals surface area contributed by atoms with E-state index in [1.807, 2.05) is 18.2 Å². The van der Waals surface area contributed by atoms with Crippen LogP contribution < -0.4 is 4.74 Å². The molecule has 0 saturated carbocycles. The minimum Gasteiger partial charge on any atom is -0.455 e. The molecule has 5 nitrogen and oxygen atoms in total. The van der Waals surface area contributed by atoms with Crippen molar-refractivity contribution in [3.05, 3.63) is 69.3 Å². The highest BCUT2D eigenvalue weighted by Gasteiger charge is 2.09. The van der Waals surface area contributed by atoms with E-state index in [2.05, 4.69) is 20.9 Å². The molecule has 0 saturated heterocycles. The van der Waals surface area contributed by atoms with Gasteiger partial charge in [-0.05, 0) is 30.3 Å². The summed E-state index contributed by atoms with van der Waals surface area (Å²) in [4.78, 5) is 14.5. The van der Waals surface area contributed by atoms with Gasteiger partial charge in [0.1, 0.15) is 11.3 Å². The number of nitrogens with zero attached hydrogens (tertiary/aromatic N) is 2. The van der Waals surface area contributed by atoms with Gasteiger partial charge in [-0.1, -0.05) is 22.0 Å². The first-order chi connectivity index (χ1) is 10.1. The van der Waals surface area contributed by atoms with Gasteiger partial charge in [-0.3, -0.25) is 15.1 Å². The van der Waals surface area contributed by atoms with Crippen LogP contribution in [0.1, 0.15) is 0 Å². The number of aromatic nitrogens is 1. The van der Waals surface area contributed by atoms with Gasteiger partial charge in [-0.15, -0.1) is 0 Å². The average molecular weight is 345 g/mol. The standard InChI is InChI=1S/C15H9BrN2O3/c16-13-7-8-14(15-12(13)2-1-9-17-15)21-11-5-3-10(4-6-11)18(19)20/h1-9H. The summed E-state index contributed by atoms with van der Waals surface area (Å²) in [7, 11) is 0. The van der Waals surface area contributed by atoms with Crippen molar-refractivity contribution >= 4 is 32.5 Å². The lowest BCUT2D eigenvalue weighted by Crippen LogP contribution is -1.90. The molecule has 104 valence electrons. The summed E-state index contributed by atoms with van der Waals surface area (Å²) in [5.41, 5.74) is 0.756. The molecule has 3 rings (SSSR count). The van der Waals surface area contributed by atoms with E-state index in [1.54, 1.807) is 24.4 Å². The molecule has 1 heterocycles. The van der Waals surface area contributed by atoms with Gasteiger partial charge in [0.2, 0.25) is 0 Å². The molecule has 0 aliphatic carbocycles. The molecule has 0 spiro atoms. The molecular weight excluding hydrogens is 336 g/mol. The first-order valence-electron chi connectivity index (χ1n) is 6.11. The number of hydrogen-bond acceptors (Lipinski definition) is 4. The lowest BCUT2D eigenvalue weighted by molar-refractivity contribution is -0.384. The van der Waals surface area contributed by atoms with Gasteiger partial charge in [0.15, 0.2) is 5.75 Å². The van der Waals surface area contributed by atoms with Crippen LogP contribution in [0, 0.1) is 10.1 Å². The highest BCUT2D eigenvalue weighted by molar-refractivity contribution is 9.10. The van der Waals surface area contributed by atoms with Gasteiger partial charge in [-0.2, -0.15) is 0 Å². The van der Waals surface area contributed by atoms with E-state index in [1.165, 1.54) is 12.1 Å². The van der Waals surface area contributed by atoms with Crippen molar-refractivity contribution in [1.29, 1.82) is 0 Å². The Bertz CT molecular complexity index is 819. The minimum atomic E-state index is -0.444. The van der Waals surface area contributed by atoms with Crippen LogP contribution in [-0.4, -0.2) is 9.91 Å². The van der Waals surface area contributed by atoms with Crippen molar-refractivity contribution in [1.82, 2.24) is 4.98 Å². The second kappa shape index (κ2) is 5.49. The van der Waals surface area contributed by atoms with Crippen LogP contribution in [0.15, 0.2) is 59.2 Å². The predicted octanol–water partition coefficient (Wildman–Crippen LogP) is 4.70. The third-order valence-corrected chi connectivity index (χ3v) is 3.65. The van der Waals surface area contributed by atoms with E-state index >= 15 is 0 Å². The second-order valence-electron chi connectivity index (χ2n) is 4.30. The monoisotopic (exact) mass is 344 g/mol. The molecule has 1 aromatic heterocycles. The maximum Gasteiger partial charge on any atom is 0.269 e. The fourth-order valence-electron chi connectivity index (χ4n) is 1.96. The van der Waals surface area contributed by atoms with Crippen LogP contribution in [0.2, 0.25) is 0 Å². The van der Waals surface area contributed by atoms with Crippen LogP contribution >= 0.6 is 15.9 Å². The Hall–Kier alpha value is -2.47. The molecule has 0 fully saturated rings. The number of ether oxygens (including phenoxy) is 1. The zero-order chi connectivity index (χ0) is 14.8. The molecule has 0 aliphatic rings. The Balaban J connectivity index is 1.98. The molecule has 21 heavy (non-hydrogen) atoms. The number of non-ortho nitro benzene ring substituents is 1. The Morgan fingerprint density at radius 2 is 1.86 bits per heavy atom. The van der Waals surface area contributed by atoms with Gasteiger partial charge in [0.25, 0.3) is 5.69 Å². The van der Waals surface area contributed by atoms with Crippen molar-refractivity contribution in [2.45, 2.75) is 0 Å². The molecule has 0 radical (unpaired) electrons. The van der Waals surface area contributed by atoms with Gasteiger partial charge in [0, 0.05) is 28.2 Å². The fraction of sp³-hybridized carbons (Fsp3) is 0. The number of fused-ring (bicyclic) bond motifs is 1. The fourth-order valence-corrected chi connectivity index (χ4v) is 2.41. The molecular formula is C15H9BrN2O3. The summed E-state index contributed by atoms with van der Waals surface area (Å²) in [6, 6.07) is 13.4. The van der Waals surface area contributed by atoms with E-state index in [0.717, 1.165) is 15.4 Å². The average Bonchev–Trinajstić information content (AvgIpc) is 2.51. The molecule has 3 aromatic rings. The SMILES string of the molecule is O=[N+]([O-])c1ccc(Oc2ccc(Br)c3cccnc23)cc1. The van der Waals surface area contributed by atoms with E-state index in [9.17, 15) is 10.1 Å². The van der Waals surface area contributed by atoms with Gasteiger partial charge >= 0.3 is 0 Å². The maximum atomic E-state index is 10.6. The van der Waals surface area contributed by atoms with Crippen molar-refractivity contribution in [2.75, 3.05) is 0 Å². The van der Waals surface area contributed by atoms with Crippen molar-refractivity contribution in [2.24, 2.45) is 0 Å². The van der Waals surface area contributed by atoms with Gasteiger partial charge < -0.3 is 4.74 Å². The summed E-state index contributed by atoms with van der Waals surface area (Å²) in [5.74, 6) is 1.12. The van der Waals surface area contributed by atoms with E-state index < -0.39 is 4.92 Å². The van der Waals surface area contributed by atoms with E-state index in [-0.39, 0.29) is 5.69 Å². The largest absolute Gasteiger partial charge is 0.455 e. The number of nitro groups is 1. The minimum absolute atomic E-state index is 0.0288. The molecule has 0 bridgehead atoms. The molecule has 0 atom stereocenters. The highest BCUT2D eigenvalue weighted by atomic mass is 79.9. The number of halogens is 1. The van der Waals surface area contributed by atoms with Gasteiger partial charge in [0.05, 0.1) is 4.92 Å². The second-order valence-corrected chi connectivity index (χ2v) is 5.15. The van der Waals surface area contributed by atoms with Crippen LogP contribution in [-0.2, 0) is 0 Å². The molecule has 2 aromatic carbocycles. The number of hydrogen-bond donors (Lipinski definition) is 0. The molecule has 6 heteroatoms. The van der Waals surface area contributed by atoms with Crippen molar-refractivity contribution < 1.29 is 9.66 Å². The van der Waals surface area contributed by atoms with Crippen LogP contribution in [0.25, 0.3) is 10.9 Å². The Morgan fingerprint density at radius 1 is 1.10 bits per heavy atom. The zero-order valence-electron chi connectivity index (χ0n) is 10.7. The van der Waals surface area contributed by atoms with Crippen LogP contribution in [0.3, 0.4) is 0 Å². The summed E-state index contributed by atoms with van der Waals surface area (Å²) in [6.07, 6.45) is 1.69. The normalized spacial score (nSPS) is 10.5. The topological polar surface area (TPSA) is 65.3 Å². The van der Waals surface area contributed by atoms with Crippen LogP contribution in [0.4, 0.5) is 5.69 Å². The summed E-state index contributed by atoms with van der Waals surface area (Å²) in [6.45, 7) is 0. The third-order valence-electron chi connectivity index (χ3n) is 2.95. The number of rotatable bonds is 3. The van der Waals surface area contributed by atoms with Crippen molar-refractivity contribution in [3.8, 4) is 11.5 Å². The first kappa shape index (κ1) is 13.5. The highest BCUT2D eigenvalue weighted by Crippen LogP contribution is 2.33. The van der Waals surface area contributed by atoms with Crippen LogP contribution in [0.5, 0.6) is 11.5 Å². The summed E-state index contributed by atoms with van der Waals surface area (Å²) in [5, 5.41) is 11.6. The molecule has 0 unspecified atom stereocenters. The predicted molar refractivity (Wildman–Crippen MR) is 82.6 cm³/mol. The Kier molecular flexibility index (Phi) is 3.53.